The Morgan fingerprint density at radius 3 is 1.94 bits per heavy atom. The van der Waals surface area contributed by atoms with E-state index in [1.54, 1.807) is 0 Å². The third kappa shape index (κ3) is 13.8. The maximum absolute atomic E-state index is 12.3. The van der Waals surface area contributed by atoms with Crippen LogP contribution in [0.25, 0.3) is 0 Å². The number of rotatable bonds is 18. The number of ether oxygens (including phenoxy) is 2. The van der Waals surface area contributed by atoms with Crippen LogP contribution in [-0.4, -0.2) is 19.1 Å². The van der Waals surface area contributed by atoms with Crippen LogP contribution in [0.3, 0.4) is 0 Å². The Morgan fingerprint density at radius 2 is 1.39 bits per heavy atom. The van der Waals surface area contributed by atoms with Crippen LogP contribution in [0.2, 0.25) is 5.02 Å². The smallest absolute Gasteiger partial charge is 0.489 e. The normalized spacial score (nSPS) is 11.8. The molecule has 3 nitrogen and oxygen atoms in total. The fraction of sp³-hybridized carbons (Fsp3) is 0.552. The minimum absolute atomic E-state index is 0.117. The van der Waals surface area contributed by atoms with E-state index in [1.807, 2.05) is 30.5 Å². The number of hydrogen-bond acceptors (Lipinski definition) is 3. The second-order valence-corrected chi connectivity index (χ2v) is 9.50. The highest BCUT2D eigenvalue weighted by Gasteiger charge is 2.32. The van der Waals surface area contributed by atoms with E-state index in [0.717, 1.165) is 18.5 Å². The van der Waals surface area contributed by atoms with Gasteiger partial charge in [0.05, 0.1) is 5.02 Å². The van der Waals surface area contributed by atoms with Gasteiger partial charge in [-0.2, -0.15) is 0 Å². The molecule has 0 radical (unpaired) electrons. The first-order chi connectivity index (χ1) is 17.4. The van der Waals surface area contributed by atoms with Crippen LogP contribution in [0, 0.1) is 0 Å². The van der Waals surface area contributed by atoms with E-state index in [1.165, 1.54) is 88.8 Å². The average Bonchev–Trinajstić information content (AvgIpc) is 2.84. The predicted octanol–water partition coefficient (Wildman–Crippen LogP) is 9.94. The zero-order chi connectivity index (χ0) is 26.1. The maximum Gasteiger partial charge on any atom is 0.573 e. The first-order valence-electron chi connectivity index (χ1n) is 13.1. The van der Waals surface area contributed by atoms with E-state index >= 15 is 0 Å². The van der Waals surface area contributed by atoms with Crippen molar-refractivity contribution >= 4 is 17.8 Å². The molecule has 0 amide bonds. The van der Waals surface area contributed by atoms with E-state index in [9.17, 15) is 13.2 Å². The first kappa shape index (κ1) is 30.0. The van der Waals surface area contributed by atoms with Crippen molar-refractivity contribution in [1.29, 1.82) is 0 Å². The van der Waals surface area contributed by atoms with Gasteiger partial charge in [0.25, 0.3) is 0 Å². The highest BCUT2D eigenvalue weighted by molar-refractivity contribution is 6.32. The van der Waals surface area contributed by atoms with Gasteiger partial charge in [0.15, 0.2) is 0 Å². The molecular weight excluding hydrogens is 487 g/mol. The number of aliphatic imine (C=N–C) groups is 1. The fourth-order valence-corrected chi connectivity index (χ4v) is 4.11. The van der Waals surface area contributed by atoms with Crippen molar-refractivity contribution in [2.45, 2.75) is 96.9 Å². The molecule has 0 aliphatic heterocycles. The first-order valence-corrected chi connectivity index (χ1v) is 13.5. The van der Waals surface area contributed by atoms with Gasteiger partial charge in [0.2, 0.25) is 0 Å². The molecule has 0 aliphatic rings. The van der Waals surface area contributed by atoms with Crippen molar-refractivity contribution in [3.05, 3.63) is 58.6 Å². The highest BCUT2D eigenvalue weighted by atomic mass is 35.5. The molecule has 0 unspecified atom stereocenters. The van der Waals surface area contributed by atoms with Crippen molar-refractivity contribution in [1.82, 2.24) is 0 Å². The van der Waals surface area contributed by atoms with Gasteiger partial charge in [-0.05, 0) is 53.9 Å². The summed E-state index contributed by atoms with van der Waals surface area (Å²) in [6, 6.07) is 11.6. The molecule has 2 rings (SSSR count). The number of nitrogens with zero attached hydrogens (tertiary/aromatic N) is 1. The van der Waals surface area contributed by atoms with Crippen LogP contribution in [0.4, 0.5) is 13.2 Å². The van der Waals surface area contributed by atoms with Crippen LogP contribution in [0.15, 0.2) is 47.5 Å². The van der Waals surface area contributed by atoms with Crippen molar-refractivity contribution in [3.8, 4) is 11.5 Å². The summed E-state index contributed by atoms with van der Waals surface area (Å²) >= 11 is 5.87. The number of hydrogen-bond donors (Lipinski definition) is 0. The van der Waals surface area contributed by atoms with E-state index in [0.29, 0.717) is 11.3 Å². The molecule has 36 heavy (non-hydrogen) atoms. The molecule has 200 valence electrons. The molecule has 2 aromatic rings. The molecule has 0 saturated heterocycles. The Labute approximate surface area is 219 Å². The lowest BCUT2D eigenvalue weighted by molar-refractivity contribution is -0.274. The molecule has 0 aromatic heterocycles. The standard InChI is InChI=1S/C29H39ClF3NO2/c1-2-3-4-5-6-7-8-9-10-11-12-13-20-34-22-24-14-17-26(18-15-24)35-23-25-16-19-28(27(30)21-25)36-29(31,32)33/h14-19,21-22H,2-13,20,23H2,1H3/b34-22+. The fourth-order valence-electron chi connectivity index (χ4n) is 3.87. The van der Waals surface area contributed by atoms with E-state index in [-0.39, 0.29) is 11.6 Å². The summed E-state index contributed by atoms with van der Waals surface area (Å²) < 4.78 is 46.6. The van der Waals surface area contributed by atoms with Crippen molar-refractivity contribution in [2.24, 2.45) is 4.99 Å². The monoisotopic (exact) mass is 525 g/mol. The van der Waals surface area contributed by atoms with Crippen LogP contribution in [0.1, 0.15) is 95.1 Å². The van der Waals surface area contributed by atoms with Crippen molar-refractivity contribution < 1.29 is 22.6 Å². The Kier molecular flexibility index (Phi) is 14.4. The zero-order valence-electron chi connectivity index (χ0n) is 21.3. The van der Waals surface area contributed by atoms with E-state index in [4.69, 9.17) is 16.3 Å². The van der Waals surface area contributed by atoms with Gasteiger partial charge >= 0.3 is 6.36 Å². The molecule has 0 spiro atoms. The van der Waals surface area contributed by atoms with Crippen LogP contribution in [-0.2, 0) is 6.61 Å². The van der Waals surface area contributed by atoms with E-state index in [2.05, 4.69) is 16.7 Å². The Balaban J connectivity index is 1.56. The molecule has 0 saturated carbocycles. The maximum atomic E-state index is 12.3. The number of benzene rings is 2. The van der Waals surface area contributed by atoms with E-state index < -0.39 is 12.1 Å². The average molecular weight is 526 g/mol. The highest BCUT2D eigenvalue weighted by Crippen LogP contribution is 2.31. The van der Waals surface area contributed by atoms with Gasteiger partial charge in [-0.25, -0.2) is 0 Å². The van der Waals surface area contributed by atoms with Gasteiger partial charge in [0.1, 0.15) is 18.1 Å². The molecule has 7 heteroatoms. The molecule has 0 fully saturated rings. The second kappa shape index (κ2) is 17.3. The molecule has 0 aliphatic carbocycles. The summed E-state index contributed by atoms with van der Waals surface area (Å²) in [7, 11) is 0. The second-order valence-electron chi connectivity index (χ2n) is 9.09. The summed E-state index contributed by atoms with van der Waals surface area (Å²) in [6.45, 7) is 3.28. The Morgan fingerprint density at radius 1 is 0.806 bits per heavy atom. The van der Waals surface area contributed by atoms with Crippen molar-refractivity contribution in [2.75, 3.05) is 6.54 Å². The Hall–Kier alpha value is -2.21. The summed E-state index contributed by atoms with van der Waals surface area (Å²) in [5.41, 5.74) is 1.64. The molecule has 0 atom stereocenters. The largest absolute Gasteiger partial charge is 0.573 e. The topological polar surface area (TPSA) is 30.8 Å². The lowest BCUT2D eigenvalue weighted by atomic mass is 10.1. The lowest BCUT2D eigenvalue weighted by Crippen LogP contribution is -2.17. The van der Waals surface area contributed by atoms with Gasteiger partial charge in [-0.15, -0.1) is 13.2 Å². The minimum atomic E-state index is -4.78. The third-order valence-electron chi connectivity index (χ3n) is 5.89. The molecule has 2 aromatic carbocycles. The van der Waals surface area contributed by atoms with Gasteiger partial charge in [-0.1, -0.05) is 95.2 Å². The summed E-state index contributed by atoms with van der Waals surface area (Å²) in [5.74, 6) is 0.222. The van der Waals surface area contributed by atoms with Crippen molar-refractivity contribution in [3.63, 3.8) is 0 Å². The summed E-state index contributed by atoms with van der Waals surface area (Å²) in [5, 5.41) is -0.117. The van der Waals surface area contributed by atoms with Gasteiger partial charge in [-0.3, -0.25) is 4.99 Å². The number of alkyl halides is 3. The van der Waals surface area contributed by atoms with Gasteiger partial charge in [0, 0.05) is 12.8 Å². The molecule has 0 N–H and O–H groups in total. The van der Waals surface area contributed by atoms with Crippen LogP contribution in [0.5, 0.6) is 11.5 Å². The lowest BCUT2D eigenvalue weighted by Gasteiger charge is -2.12. The summed E-state index contributed by atoms with van der Waals surface area (Å²) in [6.07, 6.45) is 13.1. The minimum Gasteiger partial charge on any atom is -0.489 e. The number of unbranched alkanes of at least 4 members (excludes halogenated alkanes) is 11. The molecule has 0 heterocycles. The third-order valence-corrected chi connectivity index (χ3v) is 6.18. The van der Waals surface area contributed by atoms with Gasteiger partial charge < -0.3 is 9.47 Å². The molecular formula is C29H39ClF3NO2. The Bertz CT molecular complexity index is 885. The quantitative estimate of drug-likeness (QED) is 0.143. The van der Waals surface area contributed by atoms with Crippen LogP contribution < -0.4 is 9.47 Å². The molecule has 0 bridgehead atoms. The number of halogens is 4. The van der Waals surface area contributed by atoms with Crippen LogP contribution >= 0.6 is 11.6 Å². The SMILES string of the molecule is CCCCCCCCCCCCCC/N=C/c1ccc(OCc2ccc(OC(F)(F)F)c(Cl)c2)cc1. The zero-order valence-corrected chi connectivity index (χ0v) is 22.0. The predicted molar refractivity (Wildman–Crippen MR) is 142 cm³/mol. The summed E-state index contributed by atoms with van der Waals surface area (Å²) in [4.78, 5) is 4.52.